The van der Waals surface area contributed by atoms with Crippen LogP contribution in [-0.4, -0.2) is 20.6 Å². The van der Waals surface area contributed by atoms with Crippen LogP contribution in [0.25, 0.3) is 5.69 Å². The van der Waals surface area contributed by atoms with Crippen LogP contribution >= 0.6 is 0 Å². The lowest BCUT2D eigenvalue weighted by molar-refractivity contribution is -0.136. The number of hydrogen-bond donors (Lipinski definition) is 1. The second-order valence-corrected chi connectivity index (χ2v) is 4.02. The van der Waals surface area contributed by atoms with Crippen LogP contribution in [0.2, 0.25) is 0 Å². The summed E-state index contributed by atoms with van der Waals surface area (Å²) < 4.78 is 14.6. The molecule has 0 unspecified atom stereocenters. The smallest absolute Gasteiger partial charge is 0.303 e. The minimum Gasteiger partial charge on any atom is -0.481 e. The quantitative estimate of drug-likeness (QED) is 0.903. The Morgan fingerprint density at radius 2 is 2.06 bits per heavy atom. The average molecular weight is 248 g/mol. The lowest BCUT2D eigenvalue weighted by Crippen LogP contribution is -1.97. The summed E-state index contributed by atoms with van der Waals surface area (Å²) in [5.74, 6) is -0.381. The Morgan fingerprint density at radius 1 is 1.39 bits per heavy atom. The van der Waals surface area contributed by atoms with Crippen LogP contribution in [0.3, 0.4) is 0 Å². The van der Waals surface area contributed by atoms with Gasteiger partial charge in [0.2, 0.25) is 0 Å². The van der Waals surface area contributed by atoms with Crippen molar-refractivity contribution in [2.45, 2.75) is 19.8 Å². The highest BCUT2D eigenvalue weighted by atomic mass is 19.1. The first-order valence-corrected chi connectivity index (χ1v) is 5.59. The van der Waals surface area contributed by atoms with Crippen LogP contribution < -0.4 is 0 Å². The molecule has 5 heteroatoms. The number of nitrogens with zero attached hydrogens (tertiary/aromatic N) is 2. The molecule has 2 rings (SSSR count). The summed E-state index contributed by atoms with van der Waals surface area (Å²) in [5.41, 5.74) is 1.53. The Labute approximate surface area is 104 Å². The Morgan fingerprint density at radius 3 is 2.67 bits per heavy atom. The summed E-state index contributed by atoms with van der Waals surface area (Å²) in [7, 11) is 0. The molecule has 0 bridgehead atoms. The maximum absolute atomic E-state index is 12.8. The van der Waals surface area contributed by atoms with Crippen LogP contribution in [0.4, 0.5) is 4.39 Å². The number of carbonyl (C=O) groups is 1. The van der Waals surface area contributed by atoms with Crippen molar-refractivity contribution < 1.29 is 14.3 Å². The molecule has 2 aromatic rings. The van der Waals surface area contributed by atoms with E-state index in [1.807, 2.05) is 11.5 Å². The highest BCUT2D eigenvalue weighted by molar-refractivity contribution is 5.66. The van der Waals surface area contributed by atoms with Gasteiger partial charge in [-0.15, -0.1) is 0 Å². The Balaban J connectivity index is 2.23. The third-order valence-electron chi connectivity index (χ3n) is 2.63. The summed E-state index contributed by atoms with van der Waals surface area (Å²) in [4.78, 5) is 14.8. The predicted molar refractivity (Wildman–Crippen MR) is 64.2 cm³/mol. The number of aryl methyl sites for hydroxylation is 2. The second-order valence-electron chi connectivity index (χ2n) is 4.02. The summed E-state index contributed by atoms with van der Waals surface area (Å²) in [6.45, 7) is 1.83. The van der Waals surface area contributed by atoms with Crippen molar-refractivity contribution in [2.24, 2.45) is 0 Å². The van der Waals surface area contributed by atoms with Crippen molar-refractivity contribution >= 4 is 5.97 Å². The molecule has 0 atom stereocenters. The fourth-order valence-corrected chi connectivity index (χ4v) is 1.75. The molecule has 0 radical (unpaired) electrons. The molecule has 1 aromatic heterocycles. The lowest BCUT2D eigenvalue weighted by Gasteiger charge is -2.03. The van der Waals surface area contributed by atoms with Crippen molar-refractivity contribution in [2.75, 3.05) is 0 Å². The highest BCUT2D eigenvalue weighted by Gasteiger charge is 2.07. The average Bonchev–Trinajstić information content (AvgIpc) is 2.69. The zero-order valence-electron chi connectivity index (χ0n) is 9.93. The molecule has 1 heterocycles. The molecule has 18 heavy (non-hydrogen) atoms. The van der Waals surface area contributed by atoms with Gasteiger partial charge in [0.15, 0.2) is 0 Å². The van der Waals surface area contributed by atoms with Crippen molar-refractivity contribution in [3.8, 4) is 5.69 Å². The Bertz CT molecular complexity index is 561. The molecule has 4 nitrogen and oxygen atoms in total. The maximum Gasteiger partial charge on any atom is 0.303 e. The van der Waals surface area contributed by atoms with E-state index in [-0.39, 0.29) is 12.2 Å². The maximum atomic E-state index is 12.8. The number of imidazole rings is 1. The van der Waals surface area contributed by atoms with Gasteiger partial charge in [0, 0.05) is 18.3 Å². The second kappa shape index (κ2) is 5.00. The fraction of sp³-hybridized carbons (Fsp3) is 0.231. The summed E-state index contributed by atoms with van der Waals surface area (Å²) >= 11 is 0. The molecule has 0 fully saturated rings. The normalized spacial score (nSPS) is 10.6. The van der Waals surface area contributed by atoms with Crippen LogP contribution in [0.5, 0.6) is 0 Å². The first-order chi connectivity index (χ1) is 8.56. The van der Waals surface area contributed by atoms with Crippen molar-refractivity contribution in [1.29, 1.82) is 0 Å². The predicted octanol–water partition coefficient (Wildman–Crippen LogP) is 2.34. The van der Waals surface area contributed by atoms with Gasteiger partial charge in [-0.25, -0.2) is 9.37 Å². The van der Waals surface area contributed by atoms with Gasteiger partial charge < -0.3 is 9.67 Å². The minimum atomic E-state index is -0.844. The number of aromatic nitrogens is 2. The molecule has 0 aliphatic heterocycles. The van der Waals surface area contributed by atoms with E-state index in [0.29, 0.717) is 6.42 Å². The van der Waals surface area contributed by atoms with Crippen molar-refractivity contribution in [1.82, 2.24) is 9.55 Å². The topological polar surface area (TPSA) is 55.1 Å². The monoisotopic (exact) mass is 248 g/mol. The third kappa shape index (κ3) is 2.74. The zero-order chi connectivity index (χ0) is 13.1. The van der Waals surface area contributed by atoms with Gasteiger partial charge in [0.05, 0.1) is 12.1 Å². The van der Waals surface area contributed by atoms with Crippen LogP contribution in [0, 0.1) is 12.7 Å². The first-order valence-electron chi connectivity index (χ1n) is 5.59. The molecule has 1 N–H and O–H groups in total. The summed E-state index contributed by atoms with van der Waals surface area (Å²) in [6, 6.07) is 6.08. The number of carboxylic acid groups (broad SMARTS) is 1. The SMILES string of the molecule is Cc1nc(CCC(=O)O)cn1-c1ccc(F)cc1. The van der Waals surface area contributed by atoms with E-state index in [0.717, 1.165) is 17.2 Å². The van der Waals surface area contributed by atoms with Crippen LogP contribution in [-0.2, 0) is 11.2 Å². The van der Waals surface area contributed by atoms with E-state index < -0.39 is 5.97 Å². The van der Waals surface area contributed by atoms with Gasteiger partial charge in [0.25, 0.3) is 0 Å². The van der Waals surface area contributed by atoms with E-state index in [1.165, 1.54) is 12.1 Å². The van der Waals surface area contributed by atoms with Gasteiger partial charge in [-0.3, -0.25) is 4.79 Å². The molecule has 0 saturated heterocycles. The molecule has 0 aliphatic carbocycles. The van der Waals surface area contributed by atoms with E-state index in [1.54, 1.807) is 18.3 Å². The van der Waals surface area contributed by atoms with Gasteiger partial charge in [-0.1, -0.05) is 0 Å². The Kier molecular flexibility index (Phi) is 3.41. The molecule has 0 amide bonds. The fourth-order valence-electron chi connectivity index (χ4n) is 1.75. The van der Waals surface area contributed by atoms with Gasteiger partial charge in [-0.2, -0.15) is 0 Å². The van der Waals surface area contributed by atoms with Gasteiger partial charge in [-0.05, 0) is 31.2 Å². The van der Waals surface area contributed by atoms with Crippen LogP contribution in [0.15, 0.2) is 30.5 Å². The number of carboxylic acids is 1. The number of hydrogen-bond acceptors (Lipinski definition) is 2. The highest BCUT2D eigenvalue weighted by Crippen LogP contribution is 2.14. The zero-order valence-corrected chi connectivity index (χ0v) is 9.93. The van der Waals surface area contributed by atoms with Crippen LogP contribution in [0.1, 0.15) is 17.9 Å². The summed E-state index contributed by atoms with van der Waals surface area (Å²) in [6.07, 6.45) is 2.23. The van der Waals surface area contributed by atoms with Crippen molar-refractivity contribution in [3.05, 3.63) is 47.8 Å². The number of halogens is 1. The first kappa shape index (κ1) is 12.3. The van der Waals surface area contributed by atoms with Gasteiger partial charge in [0.1, 0.15) is 11.6 Å². The molecule has 1 aromatic carbocycles. The van der Waals surface area contributed by atoms with E-state index >= 15 is 0 Å². The Hall–Kier alpha value is -2.17. The molecular weight excluding hydrogens is 235 g/mol. The largest absolute Gasteiger partial charge is 0.481 e. The minimum absolute atomic E-state index is 0.0554. The standard InChI is InChI=1S/C13H13FN2O2/c1-9-15-11(4-7-13(17)18)8-16(9)12-5-2-10(14)3-6-12/h2-3,5-6,8H,4,7H2,1H3,(H,17,18). The number of aliphatic carboxylic acids is 1. The van der Waals surface area contributed by atoms with Crippen molar-refractivity contribution in [3.63, 3.8) is 0 Å². The van der Waals surface area contributed by atoms with E-state index in [4.69, 9.17) is 5.11 Å². The van der Waals surface area contributed by atoms with E-state index in [2.05, 4.69) is 4.98 Å². The molecule has 0 saturated carbocycles. The number of rotatable bonds is 4. The molecule has 0 aliphatic rings. The third-order valence-corrected chi connectivity index (χ3v) is 2.63. The van der Waals surface area contributed by atoms with Gasteiger partial charge >= 0.3 is 5.97 Å². The lowest BCUT2D eigenvalue weighted by atomic mass is 10.2. The van der Waals surface area contributed by atoms with E-state index in [9.17, 15) is 9.18 Å². The number of benzene rings is 1. The molecule has 94 valence electrons. The summed E-state index contributed by atoms with van der Waals surface area (Å²) in [5, 5.41) is 8.62. The molecule has 0 spiro atoms. The molecular formula is C13H13FN2O2.